The van der Waals surface area contributed by atoms with Crippen LogP contribution in [0.25, 0.3) is 0 Å². The van der Waals surface area contributed by atoms with E-state index in [1.807, 2.05) is 0 Å². The van der Waals surface area contributed by atoms with Crippen LogP contribution in [0.1, 0.15) is 32.3 Å². The number of benzene rings is 1. The molecule has 140 valence electrons. The third-order valence-electron chi connectivity index (χ3n) is 2.31. The summed E-state index contributed by atoms with van der Waals surface area (Å²) in [5, 5.41) is 24.4. The summed E-state index contributed by atoms with van der Waals surface area (Å²) >= 11 is 5.90. The fourth-order valence-electron chi connectivity index (χ4n) is 1.09. The normalized spacial score (nSPS) is 8.76. The molecule has 1 rings (SSSR count). The Morgan fingerprint density at radius 3 is 1.88 bits per heavy atom. The number of hydrogen-bond acceptors (Lipinski definition) is 4. The summed E-state index contributed by atoms with van der Waals surface area (Å²) in [6, 6.07) is 4.93. The Labute approximate surface area is 151 Å². The molecule has 0 aliphatic rings. The van der Waals surface area contributed by atoms with Gasteiger partial charge in [0.25, 0.3) is 0 Å². The van der Waals surface area contributed by atoms with E-state index in [1.54, 1.807) is 38.1 Å². The fraction of sp³-hybridized carbons (Fsp3) is 0.353. The third kappa shape index (κ3) is 16.1. The number of carbonyl (C=O) groups is 3. The van der Waals surface area contributed by atoms with Gasteiger partial charge < -0.3 is 20.1 Å². The van der Waals surface area contributed by atoms with Crippen molar-refractivity contribution in [2.45, 2.75) is 33.1 Å². The van der Waals surface area contributed by atoms with Gasteiger partial charge in [-0.05, 0) is 17.7 Å². The van der Waals surface area contributed by atoms with Crippen LogP contribution in [0.4, 0.5) is 0 Å². The first-order valence-corrected chi connectivity index (χ1v) is 7.73. The molecule has 0 spiro atoms. The van der Waals surface area contributed by atoms with Crippen LogP contribution in [0.5, 0.6) is 5.75 Å². The second-order valence-corrected chi connectivity index (χ2v) is 4.84. The van der Waals surface area contributed by atoms with Crippen LogP contribution in [0.3, 0.4) is 0 Å². The third-order valence-corrected chi connectivity index (χ3v) is 2.61. The molecule has 0 radical (unpaired) electrons. The molecule has 0 saturated heterocycles. The van der Waals surface area contributed by atoms with E-state index in [0.29, 0.717) is 22.9 Å². The minimum Gasteiger partial charge on any atom is -0.488 e. The lowest BCUT2D eigenvalue weighted by Crippen LogP contribution is -2.00. The highest BCUT2D eigenvalue weighted by atomic mass is 35.5. The molecule has 25 heavy (non-hydrogen) atoms. The summed E-state index contributed by atoms with van der Waals surface area (Å²) in [5.74, 6) is -1.84. The summed E-state index contributed by atoms with van der Waals surface area (Å²) in [7, 11) is 0. The fourth-order valence-corrected chi connectivity index (χ4v) is 1.35. The van der Waals surface area contributed by atoms with Gasteiger partial charge in [0.2, 0.25) is 0 Å². The zero-order valence-corrected chi connectivity index (χ0v) is 15.0. The van der Waals surface area contributed by atoms with Crippen LogP contribution < -0.4 is 4.74 Å². The Bertz CT molecular complexity index is 556. The van der Waals surface area contributed by atoms with Crippen molar-refractivity contribution in [1.29, 1.82) is 0 Å². The number of ether oxygens (including phenoxy) is 1. The topological polar surface area (TPSA) is 121 Å². The van der Waals surface area contributed by atoms with Crippen molar-refractivity contribution in [2.75, 3.05) is 6.61 Å². The first kappa shape index (κ1) is 24.7. The molecule has 7 nitrogen and oxygen atoms in total. The Kier molecular flexibility index (Phi) is 14.8. The number of carboxylic acids is 3. The second-order valence-electron chi connectivity index (χ2n) is 4.43. The van der Waals surface area contributed by atoms with Crippen LogP contribution in [-0.2, 0) is 20.8 Å². The number of aliphatic carboxylic acids is 3. The maximum Gasteiger partial charge on any atom is 0.307 e. The van der Waals surface area contributed by atoms with Crippen molar-refractivity contribution < 1.29 is 34.4 Å². The predicted molar refractivity (Wildman–Crippen MR) is 94.3 cm³/mol. The van der Waals surface area contributed by atoms with Crippen molar-refractivity contribution in [3.05, 3.63) is 41.4 Å². The van der Waals surface area contributed by atoms with Gasteiger partial charge in [-0.3, -0.25) is 14.4 Å². The van der Waals surface area contributed by atoms with E-state index in [9.17, 15) is 14.4 Å². The molecule has 0 atom stereocenters. The molecule has 0 aliphatic carbocycles. The molecule has 0 aliphatic heterocycles. The van der Waals surface area contributed by atoms with E-state index in [1.165, 1.54) is 0 Å². The summed E-state index contributed by atoms with van der Waals surface area (Å²) in [6.45, 7) is 7.09. The second kappa shape index (κ2) is 15.0. The zero-order valence-electron chi connectivity index (χ0n) is 14.2. The summed E-state index contributed by atoms with van der Waals surface area (Å²) in [5.41, 5.74) is 0.651. The molecule has 0 bridgehead atoms. The van der Waals surface area contributed by atoms with Gasteiger partial charge in [-0.15, -0.1) is 0 Å². The Balaban J connectivity index is 0. The summed E-state index contributed by atoms with van der Waals surface area (Å²) in [4.78, 5) is 29.2. The number of rotatable bonds is 7. The van der Waals surface area contributed by atoms with Crippen molar-refractivity contribution in [1.82, 2.24) is 0 Å². The Morgan fingerprint density at radius 1 is 1.08 bits per heavy atom. The molecule has 0 saturated carbocycles. The van der Waals surface area contributed by atoms with E-state index < -0.39 is 17.9 Å². The first-order valence-electron chi connectivity index (χ1n) is 7.35. The SMILES string of the molecule is C=CCOc1ccc(CC(=O)O)cc1Cl.CCC(=O)O.CCC(=O)O. The average molecular weight is 375 g/mol. The van der Waals surface area contributed by atoms with Crippen LogP contribution >= 0.6 is 11.6 Å². The van der Waals surface area contributed by atoms with Gasteiger partial charge in [-0.1, -0.05) is 44.2 Å². The number of halogens is 1. The van der Waals surface area contributed by atoms with E-state index in [0.717, 1.165) is 0 Å². The molecule has 0 heterocycles. The van der Waals surface area contributed by atoms with Crippen LogP contribution in [0, 0.1) is 0 Å². The van der Waals surface area contributed by atoms with Gasteiger partial charge >= 0.3 is 17.9 Å². The average Bonchev–Trinajstić information content (AvgIpc) is 2.54. The largest absolute Gasteiger partial charge is 0.488 e. The lowest BCUT2D eigenvalue weighted by atomic mass is 10.1. The van der Waals surface area contributed by atoms with Crippen LogP contribution in [0.2, 0.25) is 5.02 Å². The van der Waals surface area contributed by atoms with Gasteiger partial charge in [-0.25, -0.2) is 0 Å². The summed E-state index contributed by atoms with van der Waals surface area (Å²) < 4.78 is 5.25. The minimum atomic E-state index is -0.883. The number of hydrogen-bond donors (Lipinski definition) is 3. The maximum atomic E-state index is 10.4. The lowest BCUT2D eigenvalue weighted by molar-refractivity contribution is -0.137. The predicted octanol–water partition coefficient (Wildman–Crippen LogP) is 3.49. The molecule has 0 aromatic heterocycles. The van der Waals surface area contributed by atoms with Gasteiger partial charge in [0.05, 0.1) is 11.4 Å². The molecular weight excluding hydrogens is 352 g/mol. The highest BCUT2D eigenvalue weighted by Crippen LogP contribution is 2.25. The Hall–Kier alpha value is -2.54. The van der Waals surface area contributed by atoms with Crippen molar-refractivity contribution in [3.8, 4) is 5.75 Å². The van der Waals surface area contributed by atoms with Gasteiger partial charge in [-0.2, -0.15) is 0 Å². The molecule has 0 unspecified atom stereocenters. The monoisotopic (exact) mass is 374 g/mol. The molecule has 0 fully saturated rings. The number of carboxylic acid groups (broad SMARTS) is 3. The van der Waals surface area contributed by atoms with E-state index >= 15 is 0 Å². The van der Waals surface area contributed by atoms with Gasteiger partial charge in [0, 0.05) is 12.8 Å². The molecule has 3 N–H and O–H groups in total. The standard InChI is InChI=1S/C11H11ClO3.2C3H6O2/c1-2-5-15-10-4-3-8(6-9(10)12)7-11(13)14;2*1-2-3(4)5/h2-4,6H,1,5,7H2,(H,13,14);2*2H2,1H3,(H,4,5). The van der Waals surface area contributed by atoms with Crippen molar-refractivity contribution in [2.24, 2.45) is 0 Å². The van der Waals surface area contributed by atoms with Crippen LogP contribution in [-0.4, -0.2) is 39.8 Å². The van der Waals surface area contributed by atoms with Crippen molar-refractivity contribution >= 4 is 29.5 Å². The quantitative estimate of drug-likeness (QED) is 0.624. The van der Waals surface area contributed by atoms with Gasteiger partial charge in [0.1, 0.15) is 12.4 Å². The summed E-state index contributed by atoms with van der Waals surface area (Å²) in [6.07, 6.45) is 2.02. The highest BCUT2D eigenvalue weighted by Gasteiger charge is 2.05. The Morgan fingerprint density at radius 2 is 1.56 bits per heavy atom. The molecule has 1 aromatic rings. The van der Waals surface area contributed by atoms with Crippen molar-refractivity contribution in [3.63, 3.8) is 0 Å². The van der Waals surface area contributed by atoms with E-state index in [2.05, 4.69) is 6.58 Å². The van der Waals surface area contributed by atoms with Crippen LogP contribution in [0.15, 0.2) is 30.9 Å². The zero-order chi connectivity index (χ0) is 19.8. The highest BCUT2D eigenvalue weighted by molar-refractivity contribution is 6.32. The van der Waals surface area contributed by atoms with E-state index in [-0.39, 0.29) is 19.3 Å². The molecular formula is C17H23ClO7. The lowest BCUT2D eigenvalue weighted by Gasteiger charge is -2.06. The molecule has 1 aromatic carbocycles. The first-order chi connectivity index (χ1) is 11.7. The molecule has 0 amide bonds. The maximum absolute atomic E-state index is 10.4. The van der Waals surface area contributed by atoms with E-state index in [4.69, 9.17) is 31.7 Å². The van der Waals surface area contributed by atoms with Gasteiger partial charge in [0.15, 0.2) is 0 Å². The minimum absolute atomic E-state index is 0.0402. The molecule has 8 heteroatoms. The smallest absolute Gasteiger partial charge is 0.307 e.